The molecule has 0 bridgehead atoms. The van der Waals surface area contributed by atoms with Crippen LogP contribution in [-0.4, -0.2) is 42.1 Å². The third kappa shape index (κ3) is 3.77. The number of oxazole rings is 1. The number of aromatic nitrogens is 2. The summed E-state index contributed by atoms with van der Waals surface area (Å²) in [4.78, 5) is 26.2. The van der Waals surface area contributed by atoms with Crippen LogP contribution in [0, 0.1) is 5.92 Å². The summed E-state index contributed by atoms with van der Waals surface area (Å²) in [6.07, 6.45) is 5.78. The number of carbonyl (C=O) groups excluding carboxylic acids is 1. The average Bonchev–Trinajstić information content (AvgIpc) is 3.44. The number of fused-ring (bicyclic) bond motifs is 1. The Morgan fingerprint density at radius 2 is 1.79 bits per heavy atom. The van der Waals surface area contributed by atoms with E-state index in [9.17, 15) is 4.79 Å². The first-order valence-electron chi connectivity index (χ1n) is 10.4. The molecule has 0 unspecified atom stereocenters. The summed E-state index contributed by atoms with van der Waals surface area (Å²) in [5.74, 6) is 1.05. The van der Waals surface area contributed by atoms with E-state index in [0.29, 0.717) is 6.01 Å². The number of amides is 1. The fraction of sp³-hybridized carbons (Fsp3) is 0.409. The van der Waals surface area contributed by atoms with Gasteiger partial charge in [-0.1, -0.05) is 12.1 Å². The van der Waals surface area contributed by atoms with E-state index in [1.165, 1.54) is 12.8 Å². The molecule has 0 spiro atoms. The quantitative estimate of drug-likeness (QED) is 0.731. The maximum atomic E-state index is 12.7. The molecule has 0 atom stereocenters. The fourth-order valence-electron chi connectivity index (χ4n) is 4.17. The number of pyridine rings is 1. The van der Waals surface area contributed by atoms with Crippen molar-refractivity contribution in [2.24, 2.45) is 5.92 Å². The Hall–Kier alpha value is -3.09. The fourth-order valence-corrected chi connectivity index (χ4v) is 4.17. The van der Waals surface area contributed by atoms with Gasteiger partial charge in [-0.2, -0.15) is 4.98 Å². The number of hydrogen-bond acceptors (Lipinski definition) is 6. The molecule has 2 aromatic heterocycles. The van der Waals surface area contributed by atoms with Crippen LogP contribution in [0.15, 0.2) is 47.0 Å². The summed E-state index contributed by atoms with van der Waals surface area (Å²) >= 11 is 0. The van der Waals surface area contributed by atoms with Crippen molar-refractivity contribution in [1.82, 2.24) is 9.97 Å². The lowest BCUT2D eigenvalue weighted by molar-refractivity contribution is -0.120. The topological polar surface area (TPSA) is 74.5 Å². The van der Waals surface area contributed by atoms with Crippen molar-refractivity contribution < 1.29 is 9.21 Å². The highest BCUT2D eigenvalue weighted by Gasteiger charge is 2.27. The monoisotopic (exact) mass is 391 g/mol. The van der Waals surface area contributed by atoms with Gasteiger partial charge in [0.25, 0.3) is 6.01 Å². The van der Waals surface area contributed by atoms with Crippen molar-refractivity contribution in [3.63, 3.8) is 0 Å². The molecule has 150 valence electrons. The molecule has 0 saturated carbocycles. The van der Waals surface area contributed by atoms with Gasteiger partial charge in [0.2, 0.25) is 5.91 Å². The second-order valence-electron chi connectivity index (χ2n) is 7.81. The Bertz CT molecular complexity index is 953. The molecule has 1 aromatic carbocycles. The van der Waals surface area contributed by atoms with Gasteiger partial charge in [0.05, 0.1) is 11.9 Å². The summed E-state index contributed by atoms with van der Waals surface area (Å²) in [7, 11) is 0. The summed E-state index contributed by atoms with van der Waals surface area (Å²) in [5, 5.41) is 3.03. The lowest BCUT2D eigenvalue weighted by Crippen LogP contribution is -2.38. The zero-order valence-corrected chi connectivity index (χ0v) is 16.4. The minimum absolute atomic E-state index is 0.00566. The molecule has 29 heavy (non-hydrogen) atoms. The van der Waals surface area contributed by atoms with Crippen molar-refractivity contribution >= 4 is 34.5 Å². The third-order valence-corrected chi connectivity index (χ3v) is 5.86. The molecule has 1 N–H and O–H groups in total. The van der Waals surface area contributed by atoms with E-state index in [0.717, 1.165) is 61.6 Å². The van der Waals surface area contributed by atoms with Crippen LogP contribution in [-0.2, 0) is 4.79 Å². The molecular weight excluding hydrogens is 366 g/mol. The molecule has 2 aliphatic rings. The molecule has 2 fully saturated rings. The molecule has 7 nitrogen and oxygen atoms in total. The maximum Gasteiger partial charge on any atom is 0.298 e. The number of para-hydroxylation sites is 2. The van der Waals surface area contributed by atoms with Gasteiger partial charge in [-0.15, -0.1) is 0 Å². The number of piperidine rings is 1. The van der Waals surface area contributed by atoms with Gasteiger partial charge in [-0.3, -0.25) is 4.79 Å². The van der Waals surface area contributed by atoms with Crippen molar-refractivity contribution in [1.29, 1.82) is 0 Å². The molecule has 7 heteroatoms. The molecule has 1 amide bonds. The molecule has 2 saturated heterocycles. The number of anilines is 3. The summed E-state index contributed by atoms with van der Waals surface area (Å²) in [6.45, 7) is 3.66. The van der Waals surface area contributed by atoms with Crippen molar-refractivity contribution in [2.45, 2.75) is 25.7 Å². The van der Waals surface area contributed by atoms with E-state index >= 15 is 0 Å². The Labute approximate surface area is 169 Å². The van der Waals surface area contributed by atoms with Crippen LogP contribution >= 0.6 is 0 Å². The van der Waals surface area contributed by atoms with Crippen LogP contribution in [0.5, 0.6) is 0 Å². The molecule has 0 radical (unpaired) electrons. The second kappa shape index (κ2) is 7.73. The number of nitrogens with one attached hydrogen (secondary N) is 1. The van der Waals surface area contributed by atoms with Gasteiger partial charge in [-0.05, 0) is 49.9 Å². The zero-order valence-electron chi connectivity index (χ0n) is 16.4. The Kier molecular flexibility index (Phi) is 4.79. The Morgan fingerprint density at radius 3 is 2.52 bits per heavy atom. The SMILES string of the molecule is O=C(Nc1ccc(N2CCCC2)nc1)C1CCN(c2nc3ccccc3o2)CC1. The first-order valence-corrected chi connectivity index (χ1v) is 10.4. The minimum atomic E-state index is -0.00566. The van der Waals surface area contributed by atoms with Crippen LogP contribution in [0.2, 0.25) is 0 Å². The first-order chi connectivity index (χ1) is 14.3. The summed E-state index contributed by atoms with van der Waals surface area (Å²) in [5.41, 5.74) is 2.43. The van der Waals surface area contributed by atoms with Crippen molar-refractivity contribution in [2.75, 3.05) is 41.3 Å². The highest BCUT2D eigenvalue weighted by molar-refractivity contribution is 5.92. The largest absolute Gasteiger partial charge is 0.423 e. The number of rotatable bonds is 4. The van der Waals surface area contributed by atoms with Gasteiger partial charge in [0, 0.05) is 32.1 Å². The lowest BCUT2D eigenvalue weighted by Gasteiger charge is -2.30. The molecule has 2 aliphatic heterocycles. The molecule has 0 aliphatic carbocycles. The summed E-state index contributed by atoms with van der Waals surface area (Å²) < 4.78 is 5.85. The smallest absolute Gasteiger partial charge is 0.298 e. The van der Waals surface area contributed by atoms with E-state index in [2.05, 4.69) is 25.1 Å². The van der Waals surface area contributed by atoms with Gasteiger partial charge >= 0.3 is 0 Å². The molecule has 5 rings (SSSR count). The molecular formula is C22H25N5O2. The van der Waals surface area contributed by atoms with E-state index in [1.54, 1.807) is 6.20 Å². The van der Waals surface area contributed by atoms with Gasteiger partial charge in [0.15, 0.2) is 5.58 Å². The Balaban J connectivity index is 1.16. The lowest BCUT2D eigenvalue weighted by atomic mass is 9.96. The molecule has 3 aromatic rings. The van der Waals surface area contributed by atoms with Crippen LogP contribution in [0.1, 0.15) is 25.7 Å². The third-order valence-electron chi connectivity index (χ3n) is 5.86. The normalized spacial score (nSPS) is 17.8. The summed E-state index contributed by atoms with van der Waals surface area (Å²) in [6, 6.07) is 12.4. The highest BCUT2D eigenvalue weighted by Crippen LogP contribution is 2.27. The van der Waals surface area contributed by atoms with Crippen molar-refractivity contribution in [3.05, 3.63) is 42.6 Å². The second-order valence-corrected chi connectivity index (χ2v) is 7.81. The highest BCUT2D eigenvalue weighted by atomic mass is 16.4. The zero-order chi connectivity index (χ0) is 19.6. The van der Waals surface area contributed by atoms with E-state index < -0.39 is 0 Å². The number of nitrogens with zero attached hydrogens (tertiary/aromatic N) is 4. The Morgan fingerprint density at radius 1 is 1.00 bits per heavy atom. The van der Waals surface area contributed by atoms with Crippen LogP contribution in [0.25, 0.3) is 11.1 Å². The first kappa shape index (κ1) is 18.0. The minimum Gasteiger partial charge on any atom is -0.423 e. The van der Waals surface area contributed by atoms with Crippen molar-refractivity contribution in [3.8, 4) is 0 Å². The number of hydrogen-bond donors (Lipinski definition) is 1. The van der Waals surface area contributed by atoms with E-state index in [-0.39, 0.29) is 11.8 Å². The molecule has 4 heterocycles. The number of carbonyl (C=O) groups is 1. The standard InChI is InChI=1S/C22H25N5O2/c28-21(24-17-7-8-20(23-15-17)26-11-3-4-12-26)16-9-13-27(14-10-16)22-25-18-5-1-2-6-19(18)29-22/h1-2,5-8,15-16H,3-4,9-14H2,(H,24,28). The van der Waals surface area contributed by atoms with E-state index in [4.69, 9.17) is 4.42 Å². The van der Waals surface area contributed by atoms with Gasteiger partial charge < -0.3 is 19.5 Å². The van der Waals surface area contributed by atoms with Gasteiger partial charge in [0.1, 0.15) is 11.3 Å². The van der Waals surface area contributed by atoms with Crippen LogP contribution < -0.4 is 15.1 Å². The van der Waals surface area contributed by atoms with Gasteiger partial charge in [-0.25, -0.2) is 4.98 Å². The average molecular weight is 391 g/mol. The predicted octanol–water partition coefficient (Wildman–Crippen LogP) is 3.68. The van der Waals surface area contributed by atoms with Crippen LogP contribution in [0.4, 0.5) is 17.5 Å². The number of benzene rings is 1. The maximum absolute atomic E-state index is 12.7. The van der Waals surface area contributed by atoms with E-state index in [1.807, 2.05) is 36.4 Å². The predicted molar refractivity (Wildman–Crippen MR) is 113 cm³/mol. The van der Waals surface area contributed by atoms with Crippen LogP contribution in [0.3, 0.4) is 0 Å².